The average Bonchev–Trinajstić information content (AvgIpc) is 3.80. The Bertz CT molecular complexity index is 1640. The second-order valence-corrected chi connectivity index (χ2v) is 23.6. The number of carboxylic acid groups (broad SMARTS) is 1. The molecule has 0 radical (unpaired) electrons. The van der Waals surface area contributed by atoms with Gasteiger partial charge in [0, 0.05) is 52.7 Å². The van der Waals surface area contributed by atoms with E-state index in [4.69, 9.17) is 23.7 Å². The molecule has 0 aromatic rings. The molecule has 8 saturated carbocycles. The van der Waals surface area contributed by atoms with Crippen LogP contribution in [0.4, 0.5) is 0 Å². The summed E-state index contributed by atoms with van der Waals surface area (Å²) < 4.78 is 28.3. The Kier molecular flexibility index (Phi) is 20.2. The fraction of sp³-hybridized carbons (Fsp3) is 0.925. The number of aliphatic carboxylic acids is 1. The molecule has 8 fully saturated rings. The van der Waals surface area contributed by atoms with E-state index in [2.05, 4.69) is 41.5 Å². The summed E-state index contributed by atoms with van der Waals surface area (Å²) in [6, 6.07) is 0. The maximum atomic E-state index is 12.3. The van der Waals surface area contributed by atoms with Crippen molar-refractivity contribution in [3.63, 3.8) is 0 Å². The van der Waals surface area contributed by atoms with Crippen LogP contribution >= 0.6 is 0 Å². The Morgan fingerprint density at radius 1 is 0.621 bits per heavy atom. The summed E-state index contributed by atoms with van der Waals surface area (Å²) in [5.74, 6) is 6.83. The minimum absolute atomic E-state index is 0. The number of fused-ring (bicyclic) bond motifs is 10. The normalized spacial score (nSPS) is 42.9. The van der Waals surface area contributed by atoms with E-state index in [1.807, 2.05) is 0 Å². The van der Waals surface area contributed by atoms with Gasteiger partial charge in [0.25, 0.3) is 0 Å². The van der Waals surface area contributed by atoms with Gasteiger partial charge >= 0.3 is 30.8 Å². The number of rotatable bonds is 14. The number of Topliss-reactive ketones (excluding diaryl/α,β-unsaturated/α-hetero) is 2. The molecule has 0 aromatic carbocycles. The van der Waals surface area contributed by atoms with E-state index >= 15 is 0 Å². The number of hydrogen-bond acceptors (Lipinski definition) is 10. The van der Waals surface area contributed by atoms with Gasteiger partial charge in [0.15, 0.2) is 0 Å². The van der Waals surface area contributed by atoms with Crippen molar-refractivity contribution in [2.75, 3.05) is 34.9 Å². The van der Waals surface area contributed by atoms with Crippen LogP contribution in [0.25, 0.3) is 0 Å². The standard InChI is InChI=1S/C27H44O5.C26H42O5.Li.2H2O/c1-17(6-9-24(29)31-5)20-7-8-21-25-22(11-13-27(20,21)3)26(2)12-10-19(28)14-18(26)15-23(25)32-16-30-4;1-16(5-8-23(28)29)19-6-7-20-24-21(10-12-26(19,20)3)25(2)11-9-18(27)13-17(25)14-22(24)31-15-30-4;;;/h17-18,20-23,25H,6-16H2,1-5H3;16-17,19-22,24H,5-15H2,1-4H3,(H,28,29);;2*1H2/q;;+1;;/p-1/t17-,18+,20-,21+,22+,23-,25+,26+,27-;16-,17+,19-,20+,21+,22-,24+,25+,26-;;;/m11.../s1. The minimum atomic E-state index is -0.679. The molecule has 4 N–H and O–H groups in total. The molecule has 8 aliphatic carbocycles. The Balaban J connectivity index is 0.000000276. The van der Waals surface area contributed by atoms with Gasteiger partial charge in [-0.05, 0) is 183 Å². The maximum absolute atomic E-state index is 12.3. The van der Waals surface area contributed by atoms with Crippen molar-refractivity contribution in [3.8, 4) is 0 Å². The summed E-state index contributed by atoms with van der Waals surface area (Å²) in [5, 5.41) is 9.18. The topological polar surface area (TPSA) is 196 Å². The van der Waals surface area contributed by atoms with Crippen molar-refractivity contribution in [2.24, 2.45) is 92.7 Å². The number of carboxylic acids is 1. The molecular weight excluding hydrogens is 836 g/mol. The zero-order chi connectivity index (χ0) is 45.5. The second-order valence-electron chi connectivity index (χ2n) is 23.6. The predicted molar refractivity (Wildman–Crippen MR) is 247 cm³/mol. The van der Waals surface area contributed by atoms with Crippen LogP contribution in [-0.2, 0) is 42.9 Å². The number of carbonyl (C=O) groups excluding carboxylic acids is 3. The zero-order valence-electron chi connectivity index (χ0n) is 42.7. The summed E-state index contributed by atoms with van der Waals surface area (Å²) in [4.78, 5) is 47.5. The number of ether oxygens (including phenoxy) is 5. The molecule has 0 spiro atoms. The molecule has 0 bridgehead atoms. The van der Waals surface area contributed by atoms with Crippen LogP contribution in [0.15, 0.2) is 0 Å². The Hall–Kier alpha value is -1.36. The summed E-state index contributed by atoms with van der Waals surface area (Å²) in [6.07, 6.45) is 19.8. The van der Waals surface area contributed by atoms with Gasteiger partial charge in [0.05, 0.1) is 19.3 Å². The number of methoxy groups -OCH3 is 3. The fourth-order valence-electron chi connectivity index (χ4n) is 17.8. The third-order valence-corrected chi connectivity index (χ3v) is 21.1. The van der Waals surface area contributed by atoms with Gasteiger partial charge in [0.1, 0.15) is 25.2 Å². The maximum Gasteiger partial charge on any atom is 1.00 e. The largest absolute Gasteiger partial charge is 1.00 e. The van der Waals surface area contributed by atoms with E-state index in [-0.39, 0.29) is 70.7 Å². The van der Waals surface area contributed by atoms with E-state index in [0.717, 1.165) is 64.2 Å². The first kappa shape index (κ1) is 57.2. The molecule has 0 heterocycles. The number of carbonyl (C=O) groups is 4. The van der Waals surface area contributed by atoms with E-state index in [1.165, 1.54) is 58.5 Å². The Morgan fingerprint density at radius 3 is 1.39 bits per heavy atom. The minimum Gasteiger partial charge on any atom is -0.870 e. The first-order chi connectivity index (χ1) is 29.9. The van der Waals surface area contributed by atoms with Crippen LogP contribution in [0.2, 0.25) is 0 Å². The van der Waals surface area contributed by atoms with E-state index < -0.39 is 5.97 Å². The molecule has 374 valence electrons. The van der Waals surface area contributed by atoms with Crippen molar-refractivity contribution >= 4 is 23.5 Å². The van der Waals surface area contributed by atoms with Crippen molar-refractivity contribution in [3.05, 3.63) is 0 Å². The molecule has 12 nitrogen and oxygen atoms in total. The van der Waals surface area contributed by atoms with Crippen molar-refractivity contribution in [2.45, 2.75) is 182 Å². The van der Waals surface area contributed by atoms with E-state index in [1.54, 1.807) is 14.2 Å². The van der Waals surface area contributed by atoms with Gasteiger partial charge in [-0.1, -0.05) is 41.5 Å². The molecule has 0 saturated heterocycles. The summed E-state index contributed by atoms with van der Waals surface area (Å²) in [5.41, 5.74) is 1.09. The summed E-state index contributed by atoms with van der Waals surface area (Å²) in [7, 11) is 4.88. The number of ketones is 2. The van der Waals surface area contributed by atoms with Crippen molar-refractivity contribution in [1.82, 2.24) is 0 Å². The predicted octanol–water partition coefficient (Wildman–Crippen LogP) is 6.72. The van der Waals surface area contributed by atoms with Crippen LogP contribution in [-0.4, -0.2) is 86.7 Å². The van der Waals surface area contributed by atoms with Crippen LogP contribution in [0.5, 0.6) is 0 Å². The Labute approximate surface area is 409 Å². The monoisotopic (exact) mass is 925 g/mol. The first-order valence-corrected chi connectivity index (χ1v) is 25.5. The molecule has 0 unspecified atom stereocenters. The SMILES string of the molecule is COCO[C@@H]1C[C@@H]2CC(=O)CC[C@]2(C)[C@H]2CC[C@]3(C)[C@@H]([C@H](C)CCC(=O)O)CC[C@H]3[C@H]12.COCO[C@@H]1C[C@@H]2CC(=O)CC[C@]2(C)[C@H]2CC[C@]3(C)[C@@H]([C@H](C)CCC(=O)OC)CC[C@H]3[C@H]12.O.[Li+].[OH-]. The second kappa shape index (κ2) is 23.2. The Morgan fingerprint density at radius 2 is 1.02 bits per heavy atom. The fourth-order valence-corrected chi connectivity index (χ4v) is 17.8. The smallest absolute Gasteiger partial charge is 0.870 e. The third-order valence-electron chi connectivity index (χ3n) is 21.1. The quantitative estimate of drug-likeness (QED) is 0.110. The molecule has 0 aliphatic heterocycles. The molecule has 18 atom stereocenters. The van der Waals surface area contributed by atoms with Crippen LogP contribution in [0.3, 0.4) is 0 Å². The van der Waals surface area contributed by atoms with Gasteiger partial charge in [-0.3, -0.25) is 19.2 Å². The average molecular weight is 925 g/mol. The van der Waals surface area contributed by atoms with Gasteiger partial charge < -0.3 is 39.7 Å². The summed E-state index contributed by atoms with van der Waals surface area (Å²) >= 11 is 0. The third kappa shape index (κ3) is 10.8. The molecule has 0 aromatic heterocycles. The van der Waals surface area contributed by atoms with E-state index in [0.29, 0.717) is 108 Å². The van der Waals surface area contributed by atoms with Crippen molar-refractivity contribution < 1.29 is 77.8 Å². The molecule has 66 heavy (non-hydrogen) atoms. The van der Waals surface area contributed by atoms with Crippen LogP contribution in [0.1, 0.15) is 170 Å². The number of esters is 1. The summed E-state index contributed by atoms with van der Waals surface area (Å²) in [6.45, 7) is 15.3. The van der Waals surface area contributed by atoms with Gasteiger partial charge in [-0.25, -0.2) is 0 Å². The zero-order valence-corrected chi connectivity index (χ0v) is 42.7. The van der Waals surface area contributed by atoms with Gasteiger partial charge in [0.2, 0.25) is 0 Å². The van der Waals surface area contributed by atoms with Crippen LogP contribution in [0, 0.1) is 92.7 Å². The first-order valence-electron chi connectivity index (χ1n) is 25.5. The van der Waals surface area contributed by atoms with Crippen molar-refractivity contribution in [1.29, 1.82) is 0 Å². The molecule has 13 heteroatoms. The van der Waals surface area contributed by atoms with Crippen LogP contribution < -0.4 is 18.9 Å². The van der Waals surface area contributed by atoms with E-state index in [9.17, 15) is 24.3 Å². The van der Waals surface area contributed by atoms with Gasteiger partial charge in [-0.15, -0.1) is 0 Å². The van der Waals surface area contributed by atoms with Gasteiger partial charge in [-0.2, -0.15) is 0 Å². The molecule has 0 amide bonds. The number of hydrogen-bond donors (Lipinski definition) is 1. The molecule has 8 rings (SSSR count). The molecule has 8 aliphatic rings. The molecular formula is C53H89LiO12.